The summed E-state index contributed by atoms with van der Waals surface area (Å²) in [6.45, 7) is 2.31. The first kappa shape index (κ1) is 16.7. The molecule has 0 saturated heterocycles. The molecule has 6 heteroatoms. The topological polar surface area (TPSA) is 78.9 Å². The molecular weight excluding hydrogens is 324 g/mol. The molecule has 128 valence electrons. The van der Waals surface area contributed by atoms with Crippen LogP contribution in [-0.2, 0) is 19.1 Å². The third-order valence-corrected chi connectivity index (χ3v) is 3.73. The maximum atomic E-state index is 13.1. The van der Waals surface area contributed by atoms with E-state index in [1.807, 2.05) is 0 Å². The van der Waals surface area contributed by atoms with Gasteiger partial charge in [-0.05, 0) is 17.7 Å². The minimum atomic E-state index is -2.19. The van der Waals surface area contributed by atoms with Gasteiger partial charge in [-0.1, -0.05) is 42.5 Å². The average molecular weight is 340 g/mol. The highest BCUT2D eigenvalue weighted by molar-refractivity contribution is 6.05. The molecule has 1 atom stereocenters. The van der Waals surface area contributed by atoms with Crippen molar-refractivity contribution in [2.45, 2.75) is 25.7 Å². The number of carbonyl (C=O) groups is 3. The predicted molar refractivity (Wildman–Crippen MR) is 86.8 cm³/mol. The normalized spacial score (nSPS) is 17.8. The SMILES string of the molecule is CC(=O)OC1(OC(C)=O)Oc2ccccc2C(=O)C1c1ccccc1. The number of para-hydroxylation sites is 1. The summed E-state index contributed by atoms with van der Waals surface area (Å²) in [4.78, 5) is 36.5. The van der Waals surface area contributed by atoms with Crippen LogP contribution in [0.2, 0.25) is 0 Å². The molecule has 25 heavy (non-hydrogen) atoms. The second kappa shape index (κ2) is 6.39. The first-order chi connectivity index (χ1) is 11.9. The van der Waals surface area contributed by atoms with Gasteiger partial charge in [0.25, 0.3) is 0 Å². The molecule has 1 aliphatic heterocycles. The largest absolute Gasteiger partial charge is 0.436 e. The molecule has 1 aliphatic rings. The molecular formula is C19H16O6. The molecule has 0 spiro atoms. The molecule has 1 unspecified atom stereocenters. The van der Waals surface area contributed by atoms with E-state index in [4.69, 9.17) is 14.2 Å². The molecule has 2 aromatic carbocycles. The zero-order chi connectivity index (χ0) is 18.0. The lowest BCUT2D eigenvalue weighted by atomic mass is 9.86. The number of carbonyl (C=O) groups excluding carboxylic acids is 3. The van der Waals surface area contributed by atoms with E-state index in [1.54, 1.807) is 54.6 Å². The minimum Gasteiger partial charge on any atom is -0.419 e. The Bertz CT molecular complexity index is 811. The molecule has 0 amide bonds. The number of hydrogen-bond acceptors (Lipinski definition) is 6. The Morgan fingerprint density at radius 2 is 1.48 bits per heavy atom. The Morgan fingerprint density at radius 1 is 0.920 bits per heavy atom. The average Bonchev–Trinajstić information content (AvgIpc) is 2.54. The number of fused-ring (bicyclic) bond motifs is 1. The van der Waals surface area contributed by atoms with Crippen LogP contribution in [0, 0.1) is 0 Å². The summed E-state index contributed by atoms with van der Waals surface area (Å²) in [5.41, 5.74) is 0.829. The molecule has 0 aromatic heterocycles. The molecule has 2 aromatic rings. The number of Topliss-reactive ketones (excluding diaryl/α,β-unsaturated/α-hetero) is 1. The molecule has 0 N–H and O–H groups in total. The van der Waals surface area contributed by atoms with E-state index in [1.165, 1.54) is 0 Å². The van der Waals surface area contributed by atoms with Crippen LogP contribution in [0.4, 0.5) is 0 Å². The fourth-order valence-electron chi connectivity index (χ4n) is 2.87. The first-order valence-electron chi connectivity index (χ1n) is 7.69. The number of rotatable bonds is 3. The summed E-state index contributed by atoms with van der Waals surface area (Å²) < 4.78 is 16.3. The zero-order valence-corrected chi connectivity index (χ0v) is 13.7. The maximum absolute atomic E-state index is 13.1. The van der Waals surface area contributed by atoms with Crippen LogP contribution >= 0.6 is 0 Å². The molecule has 0 saturated carbocycles. The Labute approximate surface area is 144 Å². The monoisotopic (exact) mass is 340 g/mol. The molecule has 0 aliphatic carbocycles. The van der Waals surface area contributed by atoms with Crippen molar-refractivity contribution >= 4 is 17.7 Å². The molecule has 0 fully saturated rings. The van der Waals surface area contributed by atoms with E-state index in [0.717, 1.165) is 13.8 Å². The summed E-state index contributed by atoms with van der Waals surface area (Å²) in [5, 5.41) is 0. The van der Waals surface area contributed by atoms with Crippen LogP contribution in [0.5, 0.6) is 5.75 Å². The van der Waals surface area contributed by atoms with Crippen LogP contribution < -0.4 is 4.74 Å². The summed E-state index contributed by atoms with van der Waals surface area (Å²) in [5.74, 6) is -5.00. The predicted octanol–water partition coefficient (Wildman–Crippen LogP) is 2.83. The highest BCUT2D eigenvalue weighted by Gasteiger charge is 2.57. The lowest BCUT2D eigenvalue weighted by Gasteiger charge is -2.40. The summed E-state index contributed by atoms with van der Waals surface area (Å²) >= 11 is 0. The minimum absolute atomic E-state index is 0.183. The van der Waals surface area contributed by atoms with Crippen LogP contribution in [0.3, 0.4) is 0 Å². The molecule has 6 nitrogen and oxygen atoms in total. The summed E-state index contributed by atoms with van der Waals surface area (Å²) in [6.07, 6.45) is 0. The van der Waals surface area contributed by atoms with Gasteiger partial charge in [-0.3, -0.25) is 14.4 Å². The maximum Gasteiger partial charge on any atom is 0.436 e. The van der Waals surface area contributed by atoms with Gasteiger partial charge < -0.3 is 14.2 Å². The van der Waals surface area contributed by atoms with Gasteiger partial charge >= 0.3 is 17.9 Å². The number of ketones is 1. The molecule has 3 rings (SSSR count). The van der Waals surface area contributed by atoms with Gasteiger partial charge in [0.15, 0.2) is 11.7 Å². The summed E-state index contributed by atoms with van der Waals surface area (Å²) in [6, 6.07) is 15.1. The van der Waals surface area contributed by atoms with Crippen molar-refractivity contribution < 1.29 is 28.6 Å². The standard InChI is InChI=1S/C19H16O6/c1-12(20)23-19(24-13(2)21)17(14-8-4-3-5-9-14)18(22)15-10-6-7-11-16(15)25-19/h3-11,17H,1-2H3. The van der Waals surface area contributed by atoms with Crippen LogP contribution in [0.25, 0.3) is 0 Å². The smallest absolute Gasteiger partial charge is 0.419 e. The number of esters is 2. The highest BCUT2D eigenvalue weighted by Crippen LogP contribution is 2.44. The van der Waals surface area contributed by atoms with Gasteiger partial charge in [0.2, 0.25) is 0 Å². The van der Waals surface area contributed by atoms with Crippen molar-refractivity contribution in [2.75, 3.05) is 0 Å². The second-order valence-electron chi connectivity index (χ2n) is 5.60. The third kappa shape index (κ3) is 3.10. The van der Waals surface area contributed by atoms with Gasteiger partial charge in [-0.2, -0.15) is 0 Å². The van der Waals surface area contributed by atoms with E-state index in [-0.39, 0.29) is 11.5 Å². The Hall–Kier alpha value is -3.15. The van der Waals surface area contributed by atoms with Crippen molar-refractivity contribution in [3.05, 3.63) is 65.7 Å². The Balaban J connectivity index is 2.22. The highest BCUT2D eigenvalue weighted by atomic mass is 16.9. The van der Waals surface area contributed by atoms with Gasteiger partial charge in [0.1, 0.15) is 5.75 Å². The quantitative estimate of drug-likeness (QED) is 0.631. The number of ether oxygens (including phenoxy) is 3. The lowest BCUT2D eigenvalue weighted by Crippen LogP contribution is -2.54. The van der Waals surface area contributed by atoms with Crippen LogP contribution in [-0.4, -0.2) is 23.7 Å². The Kier molecular flexibility index (Phi) is 4.27. The molecule has 0 bridgehead atoms. The fourth-order valence-corrected chi connectivity index (χ4v) is 2.87. The van der Waals surface area contributed by atoms with Crippen LogP contribution in [0.1, 0.15) is 35.7 Å². The van der Waals surface area contributed by atoms with Crippen molar-refractivity contribution in [2.24, 2.45) is 0 Å². The second-order valence-corrected chi connectivity index (χ2v) is 5.60. The summed E-state index contributed by atoms with van der Waals surface area (Å²) in [7, 11) is 0. The van der Waals surface area contributed by atoms with E-state index < -0.39 is 23.8 Å². The number of benzene rings is 2. The van der Waals surface area contributed by atoms with Crippen molar-refractivity contribution in [3.63, 3.8) is 0 Å². The van der Waals surface area contributed by atoms with Crippen molar-refractivity contribution in [3.8, 4) is 5.75 Å². The van der Waals surface area contributed by atoms with Gasteiger partial charge in [-0.15, -0.1) is 0 Å². The zero-order valence-electron chi connectivity index (χ0n) is 13.7. The molecule has 1 heterocycles. The van der Waals surface area contributed by atoms with Gasteiger partial charge in [-0.25, -0.2) is 0 Å². The molecule has 0 radical (unpaired) electrons. The van der Waals surface area contributed by atoms with E-state index in [2.05, 4.69) is 0 Å². The van der Waals surface area contributed by atoms with Gasteiger partial charge in [0, 0.05) is 13.8 Å². The van der Waals surface area contributed by atoms with E-state index in [0.29, 0.717) is 11.1 Å². The first-order valence-corrected chi connectivity index (χ1v) is 7.69. The fraction of sp³-hybridized carbons (Fsp3) is 0.211. The van der Waals surface area contributed by atoms with E-state index >= 15 is 0 Å². The van der Waals surface area contributed by atoms with Crippen molar-refractivity contribution in [1.82, 2.24) is 0 Å². The Morgan fingerprint density at radius 3 is 2.08 bits per heavy atom. The third-order valence-electron chi connectivity index (χ3n) is 3.73. The van der Waals surface area contributed by atoms with Gasteiger partial charge in [0.05, 0.1) is 5.56 Å². The lowest BCUT2D eigenvalue weighted by molar-refractivity contribution is -0.315. The van der Waals surface area contributed by atoms with Crippen LogP contribution in [0.15, 0.2) is 54.6 Å². The van der Waals surface area contributed by atoms with E-state index in [9.17, 15) is 14.4 Å². The van der Waals surface area contributed by atoms with Crippen molar-refractivity contribution in [1.29, 1.82) is 0 Å². The number of hydrogen-bond donors (Lipinski definition) is 0.